The average molecular weight is 265 g/mol. The van der Waals surface area contributed by atoms with E-state index in [0.717, 1.165) is 6.42 Å². The molecule has 0 aliphatic carbocycles. The van der Waals surface area contributed by atoms with Crippen LogP contribution >= 0.6 is 0 Å². The first-order chi connectivity index (χ1) is 9.08. The van der Waals surface area contributed by atoms with Crippen LogP contribution in [0.15, 0.2) is 24.3 Å². The highest BCUT2D eigenvalue weighted by molar-refractivity contribution is 5.89. The van der Waals surface area contributed by atoms with Gasteiger partial charge in [0, 0.05) is 12.2 Å². The van der Waals surface area contributed by atoms with Crippen molar-refractivity contribution in [1.82, 2.24) is 4.90 Å². The second-order valence-electron chi connectivity index (χ2n) is 4.51. The van der Waals surface area contributed by atoms with Crippen LogP contribution in [-0.4, -0.2) is 35.8 Å². The summed E-state index contributed by atoms with van der Waals surface area (Å²) in [4.78, 5) is 24.7. The number of likely N-dealkylation sites (tertiary alicyclic amines) is 1. The Kier molecular flexibility index (Phi) is 3.99. The molecule has 3 N–H and O–H groups in total. The second-order valence-corrected chi connectivity index (χ2v) is 4.51. The van der Waals surface area contributed by atoms with Crippen molar-refractivity contribution in [2.24, 2.45) is 5.73 Å². The topological polar surface area (TPSA) is 75.4 Å². The molecule has 1 unspecified atom stereocenters. The van der Waals surface area contributed by atoms with Gasteiger partial charge in [-0.15, -0.1) is 0 Å². The Morgan fingerprint density at radius 3 is 2.68 bits per heavy atom. The standard InChI is InChI=1S/C13H16FN3O2/c14-9-3-5-10(6-4-9)16-8-12(18)17-7-1-2-11(17)13(15)19/h3-6,11,16H,1-2,7-8H2,(H2,15,19). The Balaban J connectivity index is 1.90. The zero-order chi connectivity index (χ0) is 13.8. The molecular formula is C13H16FN3O2. The molecular weight excluding hydrogens is 249 g/mol. The first-order valence-electron chi connectivity index (χ1n) is 6.16. The number of hydrogen-bond acceptors (Lipinski definition) is 3. The molecule has 1 saturated heterocycles. The van der Waals surface area contributed by atoms with Gasteiger partial charge in [-0.05, 0) is 37.1 Å². The maximum absolute atomic E-state index is 12.7. The molecule has 0 saturated carbocycles. The van der Waals surface area contributed by atoms with E-state index in [2.05, 4.69) is 5.32 Å². The Hall–Kier alpha value is -2.11. The van der Waals surface area contributed by atoms with Crippen LogP contribution in [-0.2, 0) is 9.59 Å². The van der Waals surface area contributed by atoms with Gasteiger partial charge in [-0.3, -0.25) is 9.59 Å². The van der Waals surface area contributed by atoms with Crippen molar-refractivity contribution in [2.45, 2.75) is 18.9 Å². The molecule has 0 bridgehead atoms. The number of carbonyl (C=O) groups excluding carboxylic acids is 2. The monoisotopic (exact) mass is 265 g/mol. The van der Waals surface area contributed by atoms with Crippen molar-refractivity contribution in [3.63, 3.8) is 0 Å². The lowest BCUT2D eigenvalue weighted by Crippen LogP contribution is -2.45. The summed E-state index contributed by atoms with van der Waals surface area (Å²) >= 11 is 0. The highest BCUT2D eigenvalue weighted by Gasteiger charge is 2.32. The highest BCUT2D eigenvalue weighted by Crippen LogP contribution is 2.17. The first-order valence-corrected chi connectivity index (χ1v) is 6.16. The number of halogens is 1. The quantitative estimate of drug-likeness (QED) is 0.842. The molecule has 5 nitrogen and oxygen atoms in total. The summed E-state index contributed by atoms with van der Waals surface area (Å²) in [6.45, 7) is 0.618. The van der Waals surface area contributed by atoms with Gasteiger partial charge in [0.05, 0.1) is 6.54 Å². The molecule has 6 heteroatoms. The Labute approximate surface area is 110 Å². The maximum atomic E-state index is 12.7. The lowest BCUT2D eigenvalue weighted by molar-refractivity contribution is -0.135. The summed E-state index contributed by atoms with van der Waals surface area (Å²) in [6, 6.07) is 5.24. The van der Waals surface area contributed by atoms with Crippen LogP contribution in [0.1, 0.15) is 12.8 Å². The normalized spacial score (nSPS) is 18.4. The van der Waals surface area contributed by atoms with Crippen molar-refractivity contribution >= 4 is 17.5 Å². The molecule has 1 fully saturated rings. The van der Waals surface area contributed by atoms with E-state index in [4.69, 9.17) is 5.73 Å². The molecule has 102 valence electrons. The van der Waals surface area contributed by atoms with E-state index in [9.17, 15) is 14.0 Å². The summed E-state index contributed by atoms with van der Waals surface area (Å²) in [5, 5.41) is 2.90. The van der Waals surface area contributed by atoms with E-state index in [-0.39, 0.29) is 18.3 Å². The third kappa shape index (κ3) is 3.21. The number of nitrogens with two attached hydrogens (primary N) is 1. The number of nitrogens with one attached hydrogen (secondary N) is 1. The number of hydrogen-bond donors (Lipinski definition) is 2. The lowest BCUT2D eigenvalue weighted by Gasteiger charge is -2.22. The van der Waals surface area contributed by atoms with Crippen molar-refractivity contribution in [3.05, 3.63) is 30.1 Å². The molecule has 1 heterocycles. The number of rotatable bonds is 4. The fraction of sp³-hybridized carbons (Fsp3) is 0.385. The van der Waals surface area contributed by atoms with E-state index in [0.29, 0.717) is 18.7 Å². The maximum Gasteiger partial charge on any atom is 0.242 e. The van der Waals surface area contributed by atoms with Crippen LogP contribution in [0, 0.1) is 5.82 Å². The average Bonchev–Trinajstić information content (AvgIpc) is 2.87. The summed E-state index contributed by atoms with van der Waals surface area (Å²) < 4.78 is 12.7. The molecule has 1 aromatic carbocycles. The largest absolute Gasteiger partial charge is 0.376 e. The second kappa shape index (κ2) is 5.69. The van der Waals surface area contributed by atoms with Gasteiger partial charge in [0.2, 0.25) is 11.8 Å². The number of amides is 2. The van der Waals surface area contributed by atoms with E-state index in [1.807, 2.05) is 0 Å². The summed E-state index contributed by atoms with van der Waals surface area (Å²) in [7, 11) is 0. The molecule has 2 amide bonds. The van der Waals surface area contributed by atoms with Crippen LogP contribution in [0.4, 0.5) is 10.1 Å². The van der Waals surface area contributed by atoms with E-state index >= 15 is 0 Å². The molecule has 1 aliphatic heterocycles. The molecule has 0 aromatic heterocycles. The third-order valence-corrected chi connectivity index (χ3v) is 3.19. The minimum Gasteiger partial charge on any atom is -0.376 e. The Bertz CT molecular complexity index is 475. The number of anilines is 1. The SMILES string of the molecule is NC(=O)C1CCCN1C(=O)CNc1ccc(F)cc1. The van der Waals surface area contributed by atoms with Crippen molar-refractivity contribution in [3.8, 4) is 0 Å². The van der Waals surface area contributed by atoms with Gasteiger partial charge in [0.25, 0.3) is 0 Å². The van der Waals surface area contributed by atoms with Crippen molar-refractivity contribution in [1.29, 1.82) is 0 Å². The molecule has 2 rings (SSSR count). The minimum absolute atomic E-state index is 0.0649. The Morgan fingerprint density at radius 1 is 1.37 bits per heavy atom. The predicted octanol–water partition coefficient (Wildman–Crippen LogP) is 0.714. The molecule has 0 spiro atoms. The molecule has 1 aromatic rings. The van der Waals surface area contributed by atoms with Crippen LogP contribution in [0.25, 0.3) is 0 Å². The zero-order valence-corrected chi connectivity index (χ0v) is 10.4. The van der Waals surface area contributed by atoms with Gasteiger partial charge in [-0.2, -0.15) is 0 Å². The van der Waals surface area contributed by atoms with Crippen molar-refractivity contribution < 1.29 is 14.0 Å². The van der Waals surface area contributed by atoms with Gasteiger partial charge < -0.3 is 16.0 Å². The fourth-order valence-electron chi connectivity index (χ4n) is 2.21. The molecule has 19 heavy (non-hydrogen) atoms. The van der Waals surface area contributed by atoms with Gasteiger partial charge in [0.1, 0.15) is 11.9 Å². The molecule has 0 radical (unpaired) electrons. The summed E-state index contributed by atoms with van der Waals surface area (Å²) in [5.41, 5.74) is 5.91. The van der Waals surface area contributed by atoms with Crippen LogP contribution in [0.2, 0.25) is 0 Å². The van der Waals surface area contributed by atoms with E-state index in [1.54, 1.807) is 12.1 Å². The Morgan fingerprint density at radius 2 is 2.05 bits per heavy atom. The summed E-state index contributed by atoms with van der Waals surface area (Å²) in [5.74, 6) is -0.969. The number of primary amides is 1. The van der Waals surface area contributed by atoms with Crippen LogP contribution < -0.4 is 11.1 Å². The van der Waals surface area contributed by atoms with Gasteiger partial charge >= 0.3 is 0 Å². The fourth-order valence-corrected chi connectivity index (χ4v) is 2.21. The predicted molar refractivity (Wildman–Crippen MR) is 68.8 cm³/mol. The van der Waals surface area contributed by atoms with Gasteiger partial charge in [-0.25, -0.2) is 4.39 Å². The van der Waals surface area contributed by atoms with E-state index < -0.39 is 11.9 Å². The molecule has 1 aliphatic rings. The number of carbonyl (C=O) groups is 2. The van der Waals surface area contributed by atoms with Crippen LogP contribution in [0.5, 0.6) is 0 Å². The zero-order valence-electron chi connectivity index (χ0n) is 10.4. The van der Waals surface area contributed by atoms with E-state index in [1.165, 1.54) is 17.0 Å². The smallest absolute Gasteiger partial charge is 0.242 e. The van der Waals surface area contributed by atoms with Crippen molar-refractivity contribution in [2.75, 3.05) is 18.4 Å². The summed E-state index contributed by atoms with van der Waals surface area (Å²) in [6.07, 6.45) is 1.41. The lowest BCUT2D eigenvalue weighted by atomic mass is 10.2. The first kappa shape index (κ1) is 13.3. The molecule has 1 atom stereocenters. The number of benzene rings is 1. The third-order valence-electron chi connectivity index (χ3n) is 3.19. The van der Waals surface area contributed by atoms with Gasteiger partial charge in [0.15, 0.2) is 0 Å². The minimum atomic E-state index is -0.498. The van der Waals surface area contributed by atoms with Crippen LogP contribution in [0.3, 0.4) is 0 Å². The highest BCUT2D eigenvalue weighted by atomic mass is 19.1. The number of nitrogens with zero attached hydrogens (tertiary/aromatic N) is 1. The van der Waals surface area contributed by atoms with Gasteiger partial charge in [-0.1, -0.05) is 0 Å².